The molecule has 0 spiro atoms. The zero-order valence-electron chi connectivity index (χ0n) is 15.8. The lowest BCUT2D eigenvalue weighted by atomic mass is 9.76. The zero-order valence-corrected chi connectivity index (χ0v) is 16.6. The van der Waals surface area contributed by atoms with Gasteiger partial charge in [-0.15, -0.1) is 0 Å². The summed E-state index contributed by atoms with van der Waals surface area (Å²) in [6.45, 7) is 1.59. The highest BCUT2D eigenvalue weighted by Gasteiger charge is 2.47. The number of fused-ring (bicyclic) bond motifs is 1. The second kappa shape index (κ2) is 7.24. The summed E-state index contributed by atoms with van der Waals surface area (Å²) in [5.41, 5.74) is 0.150. The molecule has 0 saturated carbocycles. The molecule has 0 unspecified atom stereocenters. The molecular weight excluding hydrogens is 370 g/mol. The van der Waals surface area contributed by atoms with Crippen molar-refractivity contribution < 1.29 is 18.3 Å². The van der Waals surface area contributed by atoms with E-state index in [-0.39, 0.29) is 18.3 Å². The number of nitriles is 1. The van der Waals surface area contributed by atoms with E-state index in [0.29, 0.717) is 43.7 Å². The van der Waals surface area contributed by atoms with E-state index in [1.807, 2.05) is 4.90 Å². The van der Waals surface area contributed by atoms with Crippen LogP contribution in [-0.4, -0.2) is 80.1 Å². The van der Waals surface area contributed by atoms with Crippen molar-refractivity contribution in [2.75, 3.05) is 52.3 Å². The van der Waals surface area contributed by atoms with Crippen molar-refractivity contribution in [3.05, 3.63) is 17.8 Å². The number of nitrogens with zero attached hydrogens (tertiary/aromatic N) is 5. The molecule has 10 heteroatoms. The van der Waals surface area contributed by atoms with Crippen LogP contribution in [0.3, 0.4) is 0 Å². The predicted octanol–water partition coefficient (Wildman–Crippen LogP) is 0.0314. The minimum atomic E-state index is -3.53. The molecule has 2 aliphatic rings. The molecule has 1 aromatic rings. The second-order valence-corrected chi connectivity index (χ2v) is 9.36. The maximum absolute atomic E-state index is 12.5. The van der Waals surface area contributed by atoms with Crippen molar-refractivity contribution in [2.45, 2.75) is 18.4 Å². The molecule has 1 aromatic heterocycles. The first-order valence-electron chi connectivity index (χ1n) is 8.81. The fraction of sp³-hybridized carbons (Fsp3) is 0.647. The molecule has 27 heavy (non-hydrogen) atoms. The minimum Gasteiger partial charge on any atom is -0.480 e. The summed E-state index contributed by atoms with van der Waals surface area (Å²) in [6.07, 6.45) is 2.51. The number of anilines is 1. The number of aromatic nitrogens is 1. The van der Waals surface area contributed by atoms with E-state index in [1.54, 1.807) is 12.3 Å². The Kier molecular flexibility index (Phi) is 5.31. The molecule has 2 fully saturated rings. The van der Waals surface area contributed by atoms with Gasteiger partial charge in [0.2, 0.25) is 5.88 Å². The molecule has 1 N–H and O–H groups in total. The number of hydrogen-bond donors (Lipinski definition) is 1. The molecule has 0 bridgehead atoms. The fourth-order valence-electron chi connectivity index (χ4n) is 3.89. The van der Waals surface area contributed by atoms with E-state index < -0.39 is 15.8 Å². The van der Waals surface area contributed by atoms with Crippen molar-refractivity contribution in [1.82, 2.24) is 13.6 Å². The largest absolute Gasteiger partial charge is 0.480 e. The van der Waals surface area contributed by atoms with Gasteiger partial charge in [-0.1, -0.05) is 0 Å². The third-order valence-electron chi connectivity index (χ3n) is 5.56. The molecule has 2 aliphatic heterocycles. The third-order valence-corrected chi connectivity index (χ3v) is 7.47. The highest BCUT2D eigenvalue weighted by Crippen LogP contribution is 2.39. The third kappa shape index (κ3) is 3.48. The number of piperidine rings is 2. The number of pyridine rings is 1. The topological polar surface area (TPSA) is 110 Å². The molecule has 2 saturated heterocycles. The summed E-state index contributed by atoms with van der Waals surface area (Å²) < 4.78 is 32.8. The summed E-state index contributed by atoms with van der Waals surface area (Å²) in [6, 6.07) is 3.89. The maximum Gasteiger partial charge on any atom is 0.281 e. The lowest BCUT2D eigenvalue weighted by molar-refractivity contribution is -0.0694. The second-order valence-electron chi connectivity index (χ2n) is 7.22. The molecule has 0 aromatic carbocycles. The van der Waals surface area contributed by atoms with Crippen molar-refractivity contribution in [3.63, 3.8) is 0 Å². The Morgan fingerprint density at radius 2 is 2.07 bits per heavy atom. The van der Waals surface area contributed by atoms with Crippen molar-refractivity contribution in [2.24, 2.45) is 5.92 Å². The van der Waals surface area contributed by atoms with Crippen molar-refractivity contribution >= 4 is 15.9 Å². The molecule has 148 valence electrons. The maximum atomic E-state index is 12.5. The first kappa shape index (κ1) is 19.8. The summed E-state index contributed by atoms with van der Waals surface area (Å²) >= 11 is 0. The normalized spacial score (nSPS) is 26.5. The van der Waals surface area contributed by atoms with Crippen LogP contribution >= 0.6 is 0 Å². The van der Waals surface area contributed by atoms with Gasteiger partial charge in [0.05, 0.1) is 18.4 Å². The average molecular weight is 395 g/mol. The van der Waals surface area contributed by atoms with Gasteiger partial charge in [0.25, 0.3) is 10.2 Å². The van der Waals surface area contributed by atoms with Crippen LogP contribution in [0.4, 0.5) is 5.69 Å². The lowest BCUT2D eigenvalue weighted by Crippen LogP contribution is -2.61. The van der Waals surface area contributed by atoms with Crippen LogP contribution in [0.2, 0.25) is 0 Å². The first-order valence-corrected chi connectivity index (χ1v) is 10.2. The van der Waals surface area contributed by atoms with Gasteiger partial charge in [0, 0.05) is 52.4 Å². The van der Waals surface area contributed by atoms with Crippen LogP contribution in [-0.2, 0) is 10.2 Å². The average Bonchev–Trinajstić information content (AvgIpc) is 2.65. The molecule has 0 aliphatic carbocycles. The Balaban J connectivity index is 1.87. The molecular formula is C17H25N5O4S. The van der Waals surface area contributed by atoms with Gasteiger partial charge >= 0.3 is 0 Å². The fourth-order valence-corrected chi connectivity index (χ4v) is 5.04. The van der Waals surface area contributed by atoms with Gasteiger partial charge < -0.3 is 14.7 Å². The molecule has 0 radical (unpaired) electrons. The smallest absolute Gasteiger partial charge is 0.281 e. The Labute approximate surface area is 159 Å². The minimum absolute atomic E-state index is 0.248. The van der Waals surface area contributed by atoms with E-state index in [0.717, 1.165) is 0 Å². The van der Waals surface area contributed by atoms with Gasteiger partial charge in [-0.3, -0.25) is 0 Å². The van der Waals surface area contributed by atoms with E-state index in [2.05, 4.69) is 11.1 Å². The standard InChI is InChI=1S/C17H25N5O4S/c1-20(2)27(24,25)22-9-6-17(23)5-8-21(11-13(17)12-22)15-4-7-19-16(26-3)14(15)10-18/h4,7,13,23H,5-6,8-9,11-12H2,1-3H3/t13-,17-/m1/s1. The Bertz CT molecular complexity index is 853. The highest BCUT2D eigenvalue weighted by molar-refractivity contribution is 7.86. The van der Waals surface area contributed by atoms with Gasteiger partial charge in [-0.25, -0.2) is 4.98 Å². The zero-order chi connectivity index (χ0) is 19.8. The summed E-state index contributed by atoms with van der Waals surface area (Å²) in [5.74, 6) is 0.0109. The Hall–Kier alpha value is -1.93. The number of aliphatic hydroxyl groups is 1. The molecule has 3 heterocycles. The van der Waals surface area contributed by atoms with Gasteiger partial charge in [0.15, 0.2) is 0 Å². The molecule has 3 rings (SSSR count). The lowest BCUT2D eigenvalue weighted by Gasteiger charge is -2.50. The highest BCUT2D eigenvalue weighted by atomic mass is 32.2. The summed E-state index contributed by atoms with van der Waals surface area (Å²) in [4.78, 5) is 6.08. The van der Waals surface area contributed by atoms with Gasteiger partial charge in [0.1, 0.15) is 11.6 Å². The molecule has 2 atom stereocenters. The Morgan fingerprint density at radius 3 is 2.70 bits per heavy atom. The molecule has 0 amide bonds. The summed E-state index contributed by atoms with van der Waals surface area (Å²) in [7, 11) is 0.949. The van der Waals surface area contributed by atoms with Crippen molar-refractivity contribution in [1.29, 1.82) is 5.26 Å². The Morgan fingerprint density at radius 1 is 1.37 bits per heavy atom. The SMILES string of the molecule is COc1nccc(N2CC[C@@]3(O)CCN(S(=O)(=O)N(C)C)C[C@H]3C2)c1C#N. The first-order chi connectivity index (χ1) is 12.7. The van der Waals surface area contributed by atoms with E-state index in [9.17, 15) is 18.8 Å². The van der Waals surface area contributed by atoms with Gasteiger partial charge in [-0.05, 0) is 18.9 Å². The van der Waals surface area contributed by atoms with Crippen LogP contribution < -0.4 is 9.64 Å². The van der Waals surface area contributed by atoms with E-state index >= 15 is 0 Å². The van der Waals surface area contributed by atoms with E-state index in [1.165, 1.54) is 29.8 Å². The van der Waals surface area contributed by atoms with Crippen LogP contribution in [0.15, 0.2) is 12.3 Å². The van der Waals surface area contributed by atoms with Crippen LogP contribution in [0.5, 0.6) is 5.88 Å². The van der Waals surface area contributed by atoms with E-state index in [4.69, 9.17) is 4.74 Å². The molecule has 9 nitrogen and oxygen atoms in total. The van der Waals surface area contributed by atoms with Crippen LogP contribution in [0, 0.1) is 17.2 Å². The number of ether oxygens (including phenoxy) is 1. The number of hydrogen-bond acceptors (Lipinski definition) is 7. The predicted molar refractivity (Wildman–Crippen MR) is 99.6 cm³/mol. The van der Waals surface area contributed by atoms with Crippen LogP contribution in [0.1, 0.15) is 18.4 Å². The quantitative estimate of drug-likeness (QED) is 0.766. The summed E-state index contributed by atoms with van der Waals surface area (Å²) in [5, 5.41) is 20.6. The van der Waals surface area contributed by atoms with Crippen LogP contribution in [0.25, 0.3) is 0 Å². The van der Waals surface area contributed by atoms with Crippen molar-refractivity contribution in [3.8, 4) is 11.9 Å². The van der Waals surface area contributed by atoms with Gasteiger partial charge in [-0.2, -0.15) is 22.3 Å². The monoisotopic (exact) mass is 395 g/mol. The number of methoxy groups -OCH3 is 1. The number of rotatable bonds is 4.